The van der Waals surface area contributed by atoms with Crippen molar-refractivity contribution < 1.29 is 4.42 Å². The first-order valence-corrected chi connectivity index (χ1v) is 21.8. The number of anilines is 3. The maximum absolute atomic E-state index is 7.04. The molecule has 0 N–H and O–H groups in total. The van der Waals surface area contributed by atoms with E-state index in [-0.39, 0.29) is 0 Å². The molecule has 13 rings (SSSR count). The van der Waals surface area contributed by atoms with E-state index >= 15 is 0 Å². The van der Waals surface area contributed by atoms with E-state index in [9.17, 15) is 0 Å². The van der Waals surface area contributed by atoms with Crippen LogP contribution in [0.1, 0.15) is 22.3 Å². The number of hydrogen-bond acceptors (Lipinski definition) is 2. The van der Waals surface area contributed by atoms with E-state index in [0.717, 1.165) is 55.3 Å². The third-order valence-corrected chi connectivity index (χ3v) is 13.5. The Hall–Kier alpha value is -8.20. The van der Waals surface area contributed by atoms with Crippen LogP contribution in [-0.2, 0) is 5.41 Å². The van der Waals surface area contributed by atoms with Crippen molar-refractivity contribution in [1.29, 1.82) is 0 Å². The Morgan fingerprint density at radius 2 is 0.873 bits per heavy atom. The van der Waals surface area contributed by atoms with Crippen molar-refractivity contribution in [1.82, 2.24) is 0 Å². The number of fused-ring (bicyclic) bond motifs is 10. The quantitative estimate of drug-likeness (QED) is 0.167. The summed E-state index contributed by atoms with van der Waals surface area (Å²) in [6.07, 6.45) is 0. The lowest BCUT2D eigenvalue weighted by Crippen LogP contribution is -2.28. The van der Waals surface area contributed by atoms with Crippen LogP contribution in [0.25, 0.3) is 76.5 Å². The zero-order chi connectivity index (χ0) is 41.5. The summed E-state index contributed by atoms with van der Waals surface area (Å²) in [5.41, 5.74) is 14.5. The van der Waals surface area contributed by atoms with Gasteiger partial charge >= 0.3 is 0 Å². The summed E-state index contributed by atoms with van der Waals surface area (Å²) in [6.45, 7) is 0. The van der Waals surface area contributed by atoms with E-state index in [0.29, 0.717) is 0 Å². The fourth-order valence-corrected chi connectivity index (χ4v) is 10.8. The Kier molecular flexibility index (Phi) is 7.85. The summed E-state index contributed by atoms with van der Waals surface area (Å²) in [4.78, 5) is 2.44. The Bertz CT molecular complexity index is 3630. The van der Waals surface area contributed by atoms with Gasteiger partial charge in [0.05, 0.1) is 11.1 Å². The van der Waals surface area contributed by atoms with Crippen molar-refractivity contribution in [3.05, 3.63) is 259 Å². The lowest BCUT2D eigenvalue weighted by atomic mass is 9.67. The molecule has 1 aliphatic rings. The fraction of sp³-hybridized carbons (Fsp3) is 0.0164. The molecule has 294 valence electrons. The Morgan fingerprint density at radius 3 is 1.56 bits per heavy atom. The van der Waals surface area contributed by atoms with Crippen molar-refractivity contribution >= 4 is 71.3 Å². The molecule has 12 aromatic rings. The summed E-state index contributed by atoms with van der Waals surface area (Å²) >= 11 is 0. The molecular weight excluding hydrogens is 763 g/mol. The highest BCUT2D eigenvalue weighted by molar-refractivity contribution is 6.23. The molecule has 0 aliphatic heterocycles. The van der Waals surface area contributed by atoms with Gasteiger partial charge in [-0.2, -0.15) is 0 Å². The van der Waals surface area contributed by atoms with Crippen molar-refractivity contribution in [2.75, 3.05) is 4.90 Å². The predicted molar refractivity (Wildman–Crippen MR) is 264 cm³/mol. The average molecular weight is 802 g/mol. The highest BCUT2D eigenvalue weighted by Crippen LogP contribution is 2.59. The van der Waals surface area contributed by atoms with E-state index < -0.39 is 5.41 Å². The number of nitrogens with zero attached hydrogens (tertiary/aromatic N) is 1. The third kappa shape index (κ3) is 5.25. The Morgan fingerprint density at radius 1 is 0.349 bits per heavy atom. The van der Waals surface area contributed by atoms with E-state index in [1.165, 1.54) is 60.5 Å². The standard InChI is InChI=1S/C61H39NO/c1-3-21-44(22-4-1)61(45-23-5-2-6-24-45)54-30-14-13-27-52(54)58-49(28-15-31-55(58)61)50-29-16-32-57-59(50)53-39-56(48-25-11-12-26-51(48)60(53)63-57)62(46-35-33-40-17-7-9-19-42(40)37-46)47-36-34-41-18-8-10-20-43(41)38-47/h1-39H. The van der Waals surface area contributed by atoms with E-state index in [4.69, 9.17) is 4.42 Å². The van der Waals surface area contributed by atoms with Gasteiger partial charge in [-0.15, -0.1) is 0 Å². The largest absolute Gasteiger partial charge is 0.455 e. The average Bonchev–Trinajstić information content (AvgIpc) is 3.89. The first-order valence-electron chi connectivity index (χ1n) is 21.8. The second-order valence-electron chi connectivity index (χ2n) is 16.8. The van der Waals surface area contributed by atoms with Gasteiger partial charge in [0.1, 0.15) is 11.2 Å². The fourth-order valence-electron chi connectivity index (χ4n) is 10.8. The lowest BCUT2D eigenvalue weighted by Gasteiger charge is -2.34. The van der Waals surface area contributed by atoms with Crippen LogP contribution < -0.4 is 4.90 Å². The minimum Gasteiger partial charge on any atom is -0.455 e. The molecule has 2 nitrogen and oxygen atoms in total. The van der Waals surface area contributed by atoms with Crippen molar-refractivity contribution in [2.24, 2.45) is 0 Å². The monoisotopic (exact) mass is 801 g/mol. The molecule has 0 spiro atoms. The van der Waals surface area contributed by atoms with E-state index in [2.05, 4.69) is 241 Å². The molecule has 11 aromatic carbocycles. The van der Waals surface area contributed by atoms with Gasteiger partial charge in [0, 0.05) is 32.9 Å². The van der Waals surface area contributed by atoms with Crippen LogP contribution in [0.15, 0.2) is 241 Å². The van der Waals surface area contributed by atoms with Crippen molar-refractivity contribution in [2.45, 2.75) is 5.41 Å². The predicted octanol–water partition coefficient (Wildman–Crippen LogP) is 16.5. The molecule has 1 heterocycles. The molecule has 0 atom stereocenters. The second kappa shape index (κ2) is 13.9. The van der Waals surface area contributed by atoms with Gasteiger partial charge in [-0.25, -0.2) is 0 Å². The second-order valence-corrected chi connectivity index (χ2v) is 16.8. The van der Waals surface area contributed by atoms with Crippen LogP contribution in [0, 0.1) is 0 Å². The summed E-state index contributed by atoms with van der Waals surface area (Å²) in [5, 5.41) is 9.22. The van der Waals surface area contributed by atoms with Crippen LogP contribution in [0.2, 0.25) is 0 Å². The van der Waals surface area contributed by atoms with E-state index in [1.807, 2.05) is 0 Å². The SMILES string of the molecule is c1ccc(C2(c3ccccc3)c3ccccc3-c3c(-c4cccc5oc6c7ccccc7c(N(c7ccc8ccccc8c7)c7ccc8ccccc8c7)cc6c45)cccc32)cc1. The third-order valence-electron chi connectivity index (χ3n) is 13.5. The molecule has 0 bridgehead atoms. The lowest BCUT2D eigenvalue weighted by molar-refractivity contribution is 0.673. The van der Waals surface area contributed by atoms with Gasteiger partial charge < -0.3 is 9.32 Å². The van der Waals surface area contributed by atoms with Gasteiger partial charge in [0.15, 0.2) is 0 Å². The first kappa shape index (κ1) is 35.5. The van der Waals surface area contributed by atoms with Gasteiger partial charge in [-0.1, -0.05) is 200 Å². The van der Waals surface area contributed by atoms with E-state index in [1.54, 1.807) is 0 Å². The molecule has 0 fully saturated rings. The van der Waals surface area contributed by atoms with Crippen LogP contribution in [0.3, 0.4) is 0 Å². The first-order chi connectivity index (χ1) is 31.3. The van der Waals surface area contributed by atoms with Crippen molar-refractivity contribution in [3.63, 3.8) is 0 Å². The van der Waals surface area contributed by atoms with Gasteiger partial charge in [0.25, 0.3) is 0 Å². The van der Waals surface area contributed by atoms with Crippen LogP contribution in [-0.4, -0.2) is 0 Å². The number of furan rings is 1. The smallest absolute Gasteiger partial charge is 0.143 e. The zero-order valence-corrected chi connectivity index (χ0v) is 34.4. The van der Waals surface area contributed by atoms with Crippen molar-refractivity contribution in [3.8, 4) is 22.3 Å². The molecule has 1 aromatic heterocycles. The topological polar surface area (TPSA) is 16.4 Å². The zero-order valence-electron chi connectivity index (χ0n) is 34.4. The molecule has 0 amide bonds. The Labute approximate surface area is 365 Å². The van der Waals surface area contributed by atoms with Gasteiger partial charge in [-0.3, -0.25) is 0 Å². The Balaban J connectivity index is 1.11. The van der Waals surface area contributed by atoms with Gasteiger partial charge in [-0.05, 0) is 102 Å². The summed E-state index contributed by atoms with van der Waals surface area (Å²) in [6, 6.07) is 86.6. The minimum absolute atomic E-state index is 0.500. The number of hydrogen-bond donors (Lipinski definition) is 0. The molecule has 0 saturated heterocycles. The molecule has 63 heavy (non-hydrogen) atoms. The highest BCUT2D eigenvalue weighted by atomic mass is 16.3. The molecule has 1 aliphatic carbocycles. The number of rotatable bonds is 6. The summed E-state index contributed by atoms with van der Waals surface area (Å²) < 4.78 is 7.04. The molecule has 0 radical (unpaired) electrons. The van der Waals surface area contributed by atoms with Crippen LogP contribution in [0.5, 0.6) is 0 Å². The van der Waals surface area contributed by atoms with Crippen LogP contribution >= 0.6 is 0 Å². The molecule has 2 heteroatoms. The summed E-state index contributed by atoms with van der Waals surface area (Å²) in [7, 11) is 0. The normalized spacial score (nSPS) is 12.9. The summed E-state index contributed by atoms with van der Waals surface area (Å²) in [5.74, 6) is 0. The number of benzene rings is 11. The molecule has 0 unspecified atom stereocenters. The van der Waals surface area contributed by atoms with Gasteiger partial charge in [0.2, 0.25) is 0 Å². The molecule has 0 saturated carbocycles. The minimum atomic E-state index is -0.500. The van der Waals surface area contributed by atoms with Crippen LogP contribution in [0.4, 0.5) is 17.1 Å². The maximum atomic E-state index is 7.04. The molecular formula is C61H39NO. The highest BCUT2D eigenvalue weighted by Gasteiger charge is 2.46. The maximum Gasteiger partial charge on any atom is 0.143 e.